The molecule has 1 aromatic carbocycles. The summed E-state index contributed by atoms with van der Waals surface area (Å²) in [6.07, 6.45) is 1.47. The van der Waals surface area contributed by atoms with Crippen LogP contribution in [0, 0.1) is 6.92 Å². The molecule has 8 nitrogen and oxygen atoms in total. The van der Waals surface area contributed by atoms with Crippen LogP contribution in [0.2, 0.25) is 0 Å². The molecule has 0 saturated heterocycles. The van der Waals surface area contributed by atoms with Crippen molar-refractivity contribution < 1.29 is 9.21 Å². The number of amides is 1. The summed E-state index contributed by atoms with van der Waals surface area (Å²) in [7, 11) is 0. The Kier molecular flexibility index (Phi) is 4.15. The molecule has 0 aliphatic rings. The summed E-state index contributed by atoms with van der Waals surface area (Å²) < 4.78 is 6.64. The Bertz CT molecular complexity index is 770. The number of hydrogen-bond donors (Lipinski definition) is 1. The van der Waals surface area contributed by atoms with Crippen LogP contribution >= 0.6 is 11.8 Å². The van der Waals surface area contributed by atoms with Crippen LogP contribution in [0.3, 0.4) is 0 Å². The highest BCUT2D eigenvalue weighted by molar-refractivity contribution is 7.99. The van der Waals surface area contributed by atoms with Crippen molar-refractivity contribution in [3.8, 4) is 5.69 Å². The van der Waals surface area contributed by atoms with Gasteiger partial charge in [-0.3, -0.25) is 10.1 Å². The highest BCUT2D eigenvalue weighted by Crippen LogP contribution is 2.18. The van der Waals surface area contributed by atoms with Crippen LogP contribution in [-0.2, 0) is 4.79 Å². The summed E-state index contributed by atoms with van der Waals surface area (Å²) in [5, 5.41) is 14.6. The van der Waals surface area contributed by atoms with Crippen molar-refractivity contribution in [2.24, 2.45) is 0 Å². The summed E-state index contributed by atoms with van der Waals surface area (Å²) in [5.41, 5.74) is 1.54. The second-order valence-electron chi connectivity index (χ2n) is 4.34. The Labute approximate surface area is 129 Å². The van der Waals surface area contributed by atoms with E-state index in [9.17, 15) is 4.79 Å². The number of aryl methyl sites for hydroxylation is 1. The second kappa shape index (κ2) is 6.39. The van der Waals surface area contributed by atoms with Crippen molar-refractivity contribution in [2.45, 2.75) is 12.1 Å². The maximum Gasteiger partial charge on any atom is 0.301 e. The van der Waals surface area contributed by atoms with E-state index in [0.29, 0.717) is 10.9 Å². The number of thioether (sulfide) groups is 1. The fourth-order valence-corrected chi connectivity index (χ4v) is 2.39. The molecular weight excluding hydrogens is 304 g/mol. The summed E-state index contributed by atoms with van der Waals surface area (Å²) >= 11 is 1.23. The molecule has 0 radical (unpaired) electrons. The molecule has 3 rings (SSSR count). The minimum Gasteiger partial charge on any atom is -0.432 e. The molecule has 9 heteroatoms. The van der Waals surface area contributed by atoms with E-state index in [1.807, 2.05) is 30.3 Å². The van der Waals surface area contributed by atoms with Crippen LogP contribution < -0.4 is 5.32 Å². The zero-order chi connectivity index (χ0) is 15.4. The third kappa shape index (κ3) is 3.31. The average molecular weight is 316 g/mol. The first-order chi connectivity index (χ1) is 10.7. The van der Waals surface area contributed by atoms with E-state index >= 15 is 0 Å². The second-order valence-corrected chi connectivity index (χ2v) is 5.28. The summed E-state index contributed by atoms with van der Waals surface area (Å²) in [6, 6.07) is 9.65. The van der Waals surface area contributed by atoms with Gasteiger partial charge in [0.05, 0.1) is 17.1 Å². The lowest BCUT2D eigenvalue weighted by Gasteiger charge is -2.03. The predicted octanol–water partition coefficient (Wildman–Crippen LogP) is 1.69. The summed E-state index contributed by atoms with van der Waals surface area (Å²) in [4.78, 5) is 15.9. The maximum atomic E-state index is 11.9. The van der Waals surface area contributed by atoms with Crippen LogP contribution in [0.4, 0.5) is 6.01 Å². The standard InChI is InChI=1S/C13H12N6O2S/c1-9-7-21-12(14-9)15-11(20)8-22-13-16-17-18-19(13)10-5-3-2-4-6-10/h2-7H,8H2,1H3,(H,14,15,20). The average Bonchev–Trinajstić information content (AvgIpc) is 3.15. The molecule has 0 aliphatic heterocycles. The van der Waals surface area contributed by atoms with Gasteiger partial charge in [0.25, 0.3) is 0 Å². The fraction of sp³-hybridized carbons (Fsp3) is 0.154. The van der Waals surface area contributed by atoms with Gasteiger partial charge in [0, 0.05) is 0 Å². The molecular formula is C13H12N6O2S. The van der Waals surface area contributed by atoms with Gasteiger partial charge < -0.3 is 4.42 Å². The van der Waals surface area contributed by atoms with Gasteiger partial charge in [0.2, 0.25) is 11.1 Å². The Balaban J connectivity index is 1.63. The number of carbonyl (C=O) groups excluding carboxylic acids is 1. The molecule has 112 valence electrons. The lowest BCUT2D eigenvalue weighted by Crippen LogP contribution is -2.14. The van der Waals surface area contributed by atoms with Gasteiger partial charge in [-0.25, -0.2) is 0 Å². The van der Waals surface area contributed by atoms with E-state index in [-0.39, 0.29) is 17.7 Å². The number of nitrogens with zero attached hydrogens (tertiary/aromatic N) is 5. The molecule has 0 unspecified atom stereocenters. The number of aromatic nitrogens is 5. The zero-order valence-electron chi connectivity index (χ0n) is 11.6. The number of benzene rings is 1. The van der Waals surface area contributed by atoms with Crippen LogP contribution in [0.25, 0.3) is 5.69 Å². The van der Waals surface area contributed by atoms with Crippen LogP contribution in [-0.4, -0.2) is 36.9 Å². The summed E-state index contributed by atoms with van der Waals surface area (Å²) in [6.45, 7) is 1.78. The van der Waals surface area contributed by atoms with Gasteiger partial charge in [-0.2, -0.15) is 9.67 Å². The lowest BCUT2D eigenvalue weighted by molar-refractivity contribution is -0.113. The van der Waals surface area contributed by atoms with E-state index in [0.717, 1.165) is 5.69 Å². The Morgan fingerprint density at radius 2 is 2.18 bits per heavy atom. The molecule has 1 N–H and O–H groups in total. The first kappa shape index (κ1) is 14.3. The SMILES string of the molecule is Cc1coc(NC(=O)CSc2nnnn2-c2ccccc2)n1. The van der Waals surface area contributed by atoms with Gasteiger partial charge in [-0.05, 0) is 29.5 Å². The molecule has 2 aromatic heterocycles. The lowest BCUT2D eigenvalue weighted by atomic mass is 10.3. The predicted molar refractivity (Wildman–Crippen MR) is 79.7 cm³/mol. The zero-order valence-corrected chi connectivity index (χ0v) is 12.4. The number of oxazole rings is 1. The smallest absolute Gasteiger partial charge is 0.301 e. The number of carbonyl (C=O) groups is 1. The van der Waals surface area contributed by atoms with Crippen molar-refractivity contribution in [3.05, 3.63) is 42.3 Å². The quantitative estimate of drug-likeness (QED) is 0.715. The van der Waals surface area contributed by atoms with Gasteiger partial charge >= 0.3 is 6.01 Å². The fourth-order valence-electron chi connectivity index (χ4n) is 1.70. The Hall–Kier alpha value is -2.68. The van der Waals surface area contributed by atoms with Gasteiger partial charge in [0.15, 0.2) is 0 Å². The molecule has 0 bridgehead atoms. The van der Waals surface area contributed by atoms with Crippen LogP contribution in [0.15, 0.2) is 46.2 Å². The molecule has 22 heavy (non-hydrogen) atoms. The first-order valence-electron chi connectivity index (χ1n) is 6.41. The maximum absolute atomic E-state index is 11.9. The van der Waals surface area contributed by atoms with Crippen molar-refractivity contribution in [2.75, 3.05) is 11.1 Å². The largest absolute Gasteiger partial charge is 0.432 e. The molecule has 2 heterocycles. The molecule has 0 aliphatic carbocycles. The highest BCUT2D eigenvalue weighted by Gasteiger charge is 2.12. The molecule has 1 amide bonds. The van der Waals surface area contributed by atoms with E-state index in [1.165, 1.54) is 18.0 Å². The number of nitrogens with one attached hydrogen (secondary N) is 1. The monoisotopic (exact) mass is 316 g/mol. The van der Waals surface area contributed by atoms with E-state index < -0.39 is 0 Å². The summed E-state index contributed by atoms with van der Waals surface area (Å²) in [5.74, 6) is -0.0938. The highest BCUT2D eigenvalue weighted by atomic mass is 32.2. The molecule has 0 fully saturated rings. The molecule has 3 aromatic rings. The third-order valence-corrected chi connectivity index (χ3v) is 3.56. The van der Waals surface area contributed by atoms with E-state index in [2.05, 4.69) is 25.8 Å². The number of hydrogen-bond acceptors (Lipinski definition) is 7. The van der Waals surface area contributed by atoms with Crippen molar-refractivity contribution in [1.82, 2.24) is 25.2 Å². The van der Waals surface area contributed by atoms with Crippen LogP contribution in [0.1, 0.15) is 5.69 Å². The number of anilines is 1. The number of rotatable bonds is 5. The van der Waals surface area contributed by atoms with E-state index in [4.69, 9.17) is 4.42 Å². The minimum atomic E-state index is -0.241. The topological polar surface area (TPSA) is 98.7 Å². The van der Waals surface area contributed by atoms with Gasteiger partial charge in [0.1, 0.15) is 6.26 Å². The number of para-hydroxylation sites is 1. The molecule has 0 saturated carbocycles. The van der Waals surface area contributed by atoms with Crippen molar-refractivity contribution in [3.63, 3.8) is 0 Å². The van der Waals surface area contributed by atoms with Crippen molar-refractivity contribution >= 4 is 23.7 Å². The Morgan fingerprint density at radius 3 is 2.91 bits per heavy atom. The van der Waals surface area contributed by atoms with Gasteiger partial charge in [-0.15, -0.1) is 5.10 Å². The minimum absolute atomic E-state index is 0.147. The molecule has 0 spiro atoms. The van der Waals surface area contributed by atoms with Crippen LogP contribution in [0.5, 0.6) is 0 Å². The molecule has 0 atom stereocenters. The van der Waals surface area contributed by atoms with E-state index in [1.54, 1.807) is 11.6 Å². The first-order valence-corrected chi connectivity index (χ1v) is 7.39. The van der Waals surface area contributed by atoms with Crippen molar-refractivity contribution in [1.29, 1.82) is 0 Å². The normalized spacial score (nSPS) is 10.6. The number of tetrazole rings is 1. The Morgan fingerprint density at radius 1 is 1.36 bits per heavy atom. The van der Waals surface area contributed by atoms with Gasteiger partial charge in [-0.1, -0.05) is 30.0 Å². The third-order valence-electron chi connectivity index (χ3n) is 2.64.